The maximum absolute atomic E-state index is 13.7. The summed E-state index contributed by atoms with van der Waals surface area (Å²) in [6.45, 7) is 3.88. The molecular weight excluding hydrogens is 500 g/mol. The molecule has 1 atom stereocenters. The fraction of sp³-hybridized carbons (Fsp3) is 0.346. The van der Waals surface area contributed by atoms with Crippen LogP contribution in [0.4, 0.5) is 0 Å². The molecule has 3 aromatic rings. The summed E-state index contributed by atoms with van der Waals surface area (Å²) in [5.74, 6) is -0.349. The van der Waals surface area contributed by atoms with E-state index in [1.54, 1.807) is 28.4 Å². The van der Waals surface area contributed by atoms with Crippen LogP contribution in [-0.2, 0) is 9.53 Å². The fourth-order valence-corrected chi connectivity index (χ4v) is 5.25. The number of carbonyl (C=O) groups excluding carboxylic acids is 2. The number of hydrogen-bond acceptors (Lipinski definition) is 7. The molecular formula is C26H27ClN4O4S. The van der Waals surface area contributed by atoms with Crippen LogP contribution in [0.3, 0.4) is 0 Å². The van der Waals surface area contributed by atoms with Gasteiger partial charge in [-0.1, -0.05) is 29.8 Å². The first-order valence-electron chi connectivity index (χ1n) is 11.9. The zero-order chi connectivity index (χ0) is 24.9. The first-order valence-corrected chi connectivity index (χ1v) is 13.2. The van der Waals surface area contributed by atoms with Crippen molar-refractivity contribution in [1.82, 2.24) is 14.8 Å². The summed E-state index contributed by atoms with van der Waals surface area (Å²) in [6.07, 6.45) is 2.05. The molecule has 2 amide bonds. The Hall–Kier alpha value is -2.98. The van der Waals surface area contributed by atoms with Crippen LogP contribution in [0.25, 0.3) is 0 Å². The molecule has 1 saturated heterocycles. The molecule has 0 bridgehead atoms. The first-order chi connectivity index (χ1) is 17.6. The zero-order valence-electron chi connectivity index (χ0n) is 19.7. The van der Waals surface area contributed by atoms with Crippen LogP contribution in [0.5, 0.6) is 0 Å². The first kappa shape index (κ1) is 24.7. The Morgan fingerprint density at radius 1 is 1.11 bits per heavy atom. The number of halogens is 1. The molecule has 36 heavy (non-hydrogen) atoms. The summed E-state index contributed by atoms with van der Waals surface area (Å²) in [4.78, 5) is 31.7. The second-order valence-electron chi connectivity index (χ2n) is 8.69. The van der Waals surface area contributed by atoms with Crippen molar-refractivity contribution in [2.75, 3.05) is 45.9 Å². The van der Waals surface area contributed by atoms with Crippen molar-refractivity contribution in [3.8, 4) is 0 Å². The summed E-state index contributed by atoms with van der Waals surface area (Å²) in [6, 6.07) is 14.5. The number of ether oxygens (including phenoxy) is 1. The molecule has 2 aliphatic heterocycles. The molecule has 0 spiro atoms. The summed E-state index contributed by atoms with van der Waals surface area (Å²) in [7, 11) is 0. The summed E-state index contributed by atoms with van der Waals surface area (Å²) < 4.78 is 10.8. The van der Waals surface area contributed by atoms with Crippen molar-refractivity contribution in [3.63, 3.8) is 0 Å². The zero-order valence-corrected chi connectivity index (χ0v) is 21.3. The van der Waals surface area contributed by atoms with Gasteiger partial charge in [0.05, 0.1) is 36.1 Å². The quantitative estimate of drug-likeness (QED) is 0.440. The predicted octanol–water partition coefficient (Wildman–Crippen LogP) is 4.15. The molecule has 188 valence electrons. The Labute approximate surface area is 218 Å². The number of thiophene rings is 1. The molecule has 1 aromatic carbocycles. The number of hydrogen-bond donors (Lipinski definition) is 0. The van der Waals surface area contributed by atoms with E-state index in [0.717, 1.165) is 29.2 Å². The number of amides is 2. The van der Waals surface area contributed by atoms with E-state index in [9.17, 15) is 9.59 Å². The molecule has 1 fully saturated rings. The van der Waals surface area contributed by atoms with Gasteiger partial charge in [0.15, 0.2) is 5.76 Å². The lowest BCUT2D eigenvalue weighted by Gasteiger charge is -2.30. The SMILES string of the molecule is O=C(c1ccco1)N(CCN1CCOCC1)CC(=O)N1N=C(c2cccs2)C[C@H]1c1ccc(Cl)cc1. The summed E-state index contributed by atoms with van der Waals surface area (Å²) in [5, 5.41) is 8.88. The minimum Gasteiger partial charge on any atom is -0.459 e. The number of morpholine rings is 1. The average Bonchev–Trinajstić information content (AvgIpc) is 3.69. The van der Waals surface area contributed by atoms with Gasteiger partial charge in [-0.2, -0.15) is 5.10 Å². The van der Waals surface area contributed by atoms with Crippen molar-refractivity contribution in [2.45, 2.75) is 12.5 Å². The van der Waals surface area contributed by atoms with E-state index in [4.69, 9.17) is 25.9 Å². The largest absolute Gasteiger partial charge is 0.459 e. The van der Waals surface area contributed by atoms with E-state index in [1.165, 1.54) is 11.3 Å². The van der Waals surface area contributed by atoms with Crippen molar-refractivity contribution in [2.24, 2.45) is 5.10 Å². The molecule has 0 aliphatic carbocycles. The third-order valence-electron chi connectivity index (χ3n) is 6.36. The average molecular weight is 527 g/mol. The molecule has 4 heterocycles. The van der Waals surface area contributed by atoms with Gasteiger partial charge >= 0.3 is 0 Å². The maximum Gasteiger partial charge on any atom is 0.290 e. The van der Waals surface area contributed by atoms with Crippen LogP contribution in [0.15, 0.2) is 69.7 Å². The van der Waals surface area contributed by atoms with Crippen LogP contribution >= 0.6 is 22.9 Å². The second kappa shape index (κ2) is 11.4. The normalized spacial score (nSPS) is 18.3. The smallest absolute Gasteiger partial charge is 0.290 e. The molecule has 5 rings (SSSR count). The number of nitrogens with zero attached hydrogens (tertiary/aromatic N) is 4. The predicted molar refractivity (Wildman–Crippen MR) is 138 cm³/mol. The number of rotatable bonds is 8. The Morgan fingerprint density at radius 3 is 2.61 bits per heavy atom. The van der Waals surface area contributed by atoms with Gasteiger partial charge < -0.3 is 14.1 Å². The minimum atomic E-state index is -0.314. The summed E-state index contributed by atoms with van der Waals surface area (Å²) in [5.41, 5.74) is 1.80. The van der Waals surface area contributed by atoms with E-state index >= 15 is 0 Å². The van der Waals surface area contributed by atoms with Gasteiger partial charge in [0.25, 0.3) is 11.8 Å². The Morgan fingerprint density at radius 2 is 1.92 bits per heavy atom. The van der Waals surface area contributed by atoms with E-state index < -0.39 is 0 Å². The molecule has 0 unspecified atom stereocenters. The standard InChI is InChI=1S/C26H27ClN4O4S/c27-20-7-5-19(6-8-20)22-17-21(24-4-2-16-36-24)28-31(22)25(32)18-30(26(33)23-3-1-13-35-23)10-9-29-11-14-34-15-12-29/h1-8,13,16,22H,9-12,14-15,17-18H2/t22-/m0/s1. The monoisotopic (exact) mass is 526 g/mol. The molecule has 0 radical (unpaired) electrons. The van der Waals surface area contributed by atoms with E-state index in [0.29, 0.717) is 37.7 Å². The molecule has 0 saturated carbocycles. The van der Waals surface area contributed by atoms with Gasteiger partial charge in [0.1, 0.15) is 6.54 Å². The van der Waals surface area contributed by atoms with Crippen LogP contribution in [0.1, 0.15) is 33.5 Å². The Balaban J connectivity index is 1.37. The third kappa shape index (κ3) is 5.70. The Bertz CT molecular complexity index is 1190. The summed E-state index contributed by atoms with van der Waals surface area (Å²) >= 11 is 7.70. The number of benzene rings is 1. The maximum atomic E-state index is 13.7. The Kier molecular flexibility index (Phi) is 7.81. The van der Waals surface area contributed by atoms with Gasteiger partial charge in [0, 0.05) is 37.6 Å². The van der Waals surface area contributed by atoms with Gasteiger partial charge in [-0.3, -0.25) is 14.5 Å². The highest BCUT2D eigenvalue weighted by atomic mass is 35.5. The van der Waals surface area contributed by atoms with Crippen LogP contribution in [-0.4, -0.2) is 78.3 Å². The minimum absolute atomic E-state index is 0.102. The van der Waals surface area contributed by atoms with Crippen LogP contribution in [0.2, 0.25) is 5.02 Å². The molecule has 0 N–H and O–H groups in total. The molecule has 10 heteroatoms. The van der Waals surface area contributed by atoms with Crippen molar-refractivity contribution in [1.29, 1.82) is 0 Å². The molecule has 2 aromatic heterocycles. The van der Waals surface area contributed by atoms with E-state index in [2.05, 4.69) is 4.90 Å². The topological polar surface area (TPSA) is 78.6 Å². The van der Waals surface area contributed by atoms with Crippen LogP contribution < -0.4 is 0 Å². The van der Waals surface area contributed by atoms with E-state index in [1.807, 2.05) is 41.8 Å². The van der Waals surface area contributed by atoms with Crippen molar-refractivity contribution < 1.29 is 18.7 Å². The van der Waals surface area contributed by atoms with Gasteiger partial charge in [-0.15, -0.1) is 11.3 Å². The van der Waals surface area contributed by atoms with Crippen molar-refractivity contribution in [3.05, 3.63) is 81.4 Å². The third-order valence-corrected chi connectivity index (χ3v) is 7.53. The van der Waals surface area contributed by atoms with Gasteiger partial charge in [0.2, 0.25) is 0 Å². The highest BCUT2D eigenvalue weighted by molar-refractivity contribution is 7.12. The van der Waals surface area contributed by atoms with Crippen molar-refractivity contribution >= 4 is 40.5 Å². The second-order valence-corrected chi connectivity index (χ2v) is 10.1. The number of carbonyl (C=O) groups is 2. The number of hydrazone groups is 1. The lowest BCUT2D eigenvalue weighted by atomic mass is 10.0. The molecule has 8 nitrogen and oxygen atoms in total. The molecule has 2 aliphatic rings. The number of furan rings is 1. The van der Waals surface area contributed by atoms with Gasteiger partial charge in [-0.05, 0) is 41.3 Å². The highest BCUT2D eigenvalue weighted by Gasteiger charge is 2.35. The fourth-order valence-electron chi connectivity index (χ4n) is 4.41. The lowest BCUT2D eigenvalue weighted by molar-refractivity contribution is -0.133. The highest BCUT2D eigenvalue weighted by Crippen LogP contribution is 2.34. The van der Waals surface area contributed by atoms with E-state index in [-0.39, 0.29) is 30.2 Å². The van der Waals surface area contributed by atoms with Crippen LogP contribution in [0, 0.1) is 0 Å². The van der Waals surface area contributed by atoms with Gasteiger partial charge in [-0.25, -0.2) is 5.01 Å². The lowest BCUT2D eigenvalue weighted by Crippen LogP contribution is -2.46.